The average molecular weight is 241 g/mol. The summed E-state index contributed by atoms with van der Waals surface area (Å²) in [5, 5.41) is 0. The average Bonchev–Trinajstić information content (AvgIpc) is 2.35. The van der Waals surface area contributed by atoms with Gasteiger partial charge in [-0.2, -0.15) is 0 Å². The van der Waals surface area contributed by atoms with Gasteiger partial charge in [0.05, 0.1) is 6.10 Å². The van der Waals surface area contributed by atoms with Crippen LogP contribution in [0.1, 0.15) is 71.6 Å². The molecule has 0 aromatic rings. The molecule has 1 fully saturated rings. The molecule has 102 valence electrons. The molecular weight excluding hydrogens is 210 g/mol. The van der Waals surface area contributed by atoms with Gasteiger partial charge in [-0.15, -0.1) is 0 Å². The second-order valence-corrected chi connectivity index (χ2v) is 5.57. The van der Waals surface area contributed by atoms with Gasteiger partial charge in [-0.05, 0) is 31.6 Å². The predicted molar refractivity (Wildman–Crippen MR) is 74.1 cm³/mol. The third-order valence-corrected chi connectivity index (χ3v) is 4.11. The Labute approximate surface area is 107 Å². The van der Waals surface area contributed by atoms with Crippen LogP contribution in [0.15, 0.2) is 0 Å². The van der Waals surface area contributed by atoms with Crippen LogP contribution in [0.25, 0.3) is 0 Å². The van der Waals surface area contributed by atoms with E-state index in [2.05, 4.69) is 13.8 Å². The molecule has 0 bridgehead atoms. The zero-order valence-corrected chi connectivity index (χ0v) is 11.8. The Kier molecular flexibility index (Phi) is 7.87. The van der Waals surface area contributed by atoms with E-state index in [4.69, 9.17) is 10.5 Å². The quantitative estimate of drug-likeness (QED) is 0.655. The van der Waals surface area contributed by atoms with Gasteiger partial charge in [0.15, 0.2) is 0 Å². The molecule has 0 amide bonds. The summed E-state index contributed by atoms with van der Waals surface area (Å²) < 4.78 is 5.98. The van der Waals surface area contributed by atoms with Crippen LogP contribution in [0, 0.1) is 5.92 Å². The summed E-state index contributed by atoms with van der Waals surface area (Å²) in [5.41, 5.74) is 6.13. The minimum atomic E-state index is 0.286. The van der Waals surface area contributed by atoms with Gasteiger partial charge < -0.3 is 10.5 Å². The van der Waals surface area contributed by atoms with Crippen molar-refractivity contribution in [2.45, 2.75) is 83.8 Å². The lowest BCUT2D eigenvalue weighted by atomic mass is 9.83. The van der Waals surface area contributed by atoms with Gasteiger partial charge in [0.1, 0.15) is 0 Å². The number of nitrogens with two attached hydrogens (primary N) is 1. The summed E-state index contributed by atoms with van der Waals surface area (Å²) in [4.78, 5) is 0. The Hall–Kier alpha value is -0.0800. The standard InChI is InChI=1S/C15H31NO/c1-3-5-6-7-8-11-17-15-12-13(4-2)9-10-14(15)16/h13-15H,3-12,16H2,1-2H3. The summed E-state index contributed by atoms with van der Waals surface area (Å²) >= 11 is 0. The number of hydrogen-bond acceptors (Lipinski definition) is 2. The molecule has 1 rings (SSSR count). The zero-order valence-electron chi connectivity index (χ0n) is 11.8. The lowest BCUT2D eigenvalue weighted by molar-refractivity contribution is -0.00241. The highest BCUT2D eigenvalue weighted by molar-refractivity contribution is 4.82. The molecule has 1 aliphatic rings. The molecule has 0 radical (unpaired) electrons. The van der Waals surface area contributed by atoms with Crippen LogP contribution in [-0.4, -0.2) is 18.8 Å². The topological polar surface area (TPSA) is 35.2 Å². The maximum absolute atomic E-state index is 6.13. The first kappa shape index (κ1) is 15.0. The van der Waals surface area contributed by atoms with Gasteiger partial charge in [-0.25, -0.2) is 0 Å². The van der Waals surface area contributed by atoms with Crippen LogP contribution in [0.4, 0.5) is 0 Å². The highest BCUT2D eigenvalue weighted by Gasteiger charge is 2.27. The maximum Gasteiger partial charge on any atom is 0.0728 e. The van der Waals surface area contributed by atoms with Gasteiger partial charge >= 0.3 is 0 Å². The van der Waals surface area contributed by atoms with E-state index in [-0.39, 0.29) is 6.04 Å². The van der Waals surface area contributed by atoms with Crippen LogP contribution >= 0.6 is 0 Å². The van der Waals surface area contributed by atoms with Crippen molar-refractivity contribution in [3.63, 3.8) is 0 Å². The molecule has 0 aromatic heterocycles. The van der Waals surface area contributed by atoms with Crippen LogP contribution in [0.5, 0.6) is 0 Å². The summed E-state index contributed by atoms with van der Waals surface area (Å²) in [6, 6.07) is 0.286. The smallest absolute Gasteiger partial charge is 0.0728 e. The lowest BCUT2D eigenvalue weighted by Crippen LogP contribution is -2.42. The first-order valence-corrected chi connectivity index (χ1v) is 7.65. The molecule has 2 heteroatoms. The van der Waals surface area contributed by atoms with Crippen molar-refractivity contribution in [3.05, 3.63) is 0 Å². The summed E-state index contributed by atoms with van der Waals surface area (Å²) in [6.45, 7) is 5.45. The monoisotopic (exact) mass is 241 g/mol. The van der Waals surface area contributed by atoms with Crippen LogP contribution in [0.2, 0.25) is 0 Å². The van der Waals surface area contributed by atoms with E-state index in [9.17, 15) is 0 Å². The minimum Gasteiger partial charge on any atom is -0.377 e. The fraction of sp³-hybridized carbons (Fsp3) is 1.00. The summed E-state index contributed by atoms with van der Waals surface area (Å²) in [6.07, 6.45) is 11.8. The number of hydrogen-bond donors (Lipinski definition) is 1. The number of unbranched alkanes of at least 4 members (excludes halogenated alkanes) is 4. The molecule has 1 saturated carbocycles. The van der Waals surface area contributed by atoms with Crippen molar-refractivity contribution in [2.24, 2.45) is 11.7 Å². The van der Waals surface area contributed by atoms with E-state index >= 15 is 0 Å². The zero-order chi connectivity index (χ0) is 12.5. The second-order valence-electron chi connectivity index (χ2n) is 5.57. The van der Waals surface area contributed by atoms with Crippen LogP contribution in [0.3, 0.4) is 0 Å². The van der Waals surface area contributed by atoms with Crippen molar-refractivity contribution >= 4 is 0 Å². The van der Waals surface area contributed by atoms with Gasteiger partial charge in [0.2, 0.25) is 0 Å². The van der Waals surface area contributed by atoms with Crippen molar-refractivity contribution < 1.29 is 4.74 Å². The third-order valence-electron chi connectivity index (χ3n) is 4.11. The molecular formula is C15H31NO. The first-order valence-electron chi connectivity index (χ1n) is 7.65. The Bertz CT molecular complexity index is 184. The van der Waals surface area contributed by atoms with Gasteiger partial charge in [0.25, 0.3) is 0 Å². The molecule has 3 atom stereocenters. The normalized spacial score (nSPS) is 29.5. The third kappa shape index (κ3) is 5.87. The molecule has 17 heavy (non-hydrogen) atoms. The Balaban J connectivity index is 2.07. The molecule has 1 aliphatic carbocycles. The van der Waals surface area contributed by atoms with E-state index in [0.29, 0.717) is 6.10 Å². The SMILES string of the molecule is CCCCCCCOC1CC(CC)CCC1N. The van der Waals surface area contributed by atoms with E-state index in [0.717, 1.165) is 18.9 Å². The fourth-order valence-corrected chi connectivity index (χ4v) is 2.74. The van der Waals surface area contributed by atoms with Gasteiger partial charge in [-0.3, -0.25) is 0 Å². The highest BCUT2D eigenvalue weighted by Crippen LogP contribution is 2.28. The summed E-state index contributed by atoms with van der Waals surface area (Å²) in [7, 11) is 0. The molecule has 0 saturated heterocycles. The lowest BCUT2D eigenvalue weighted by Gasteiger charge is -2.33. The molecule has 0 spiro atoms. The van der Waals surface area contributed by atoms with Crippen molar-refractivity contribution in [3.8, 4) is 0 Å². The summed E-state index contributed by atoms with van der Waals surface area (Å²) in [5.74, 6) is 0.847. The fourth-order valence-electron chi connectivity index (χ4n) is 2.74. The van der Waals surface area contributed by atoms with E-state index in [1.165, 1.54) is 51.4 Å². The predicted octanol–water partition coefficient (Wildman–Crippen LogP) is 3.88. The number of rotatable bonds is 8. The van der Waals surface area contributed by atoms with Gasteiger partial charge in [0, 0.05) is 12.6 Å². The van der Waals surface area contributed by atoms with Gasteiger partial charge in [-0.1, -0.05) is 46.0 Å². The second kappa shape index (κ2) is 8.93. The van der Waals surface area contributed by atoms with E-state index in [1.54, 1.807) is 0 Å². The molecule has 0 heterocycles. The molecule has 0 aromatic carbocycles. The molecule has 3 unspecified atom stereocenters. The highest BCUT2D eigenvalue weighted by atomic mass is 16.5. The number of ether oxygens (including phenoxy) is 1. The molecule has 0 aliphatic heterocycles. The Morgan fingerprint density at radius 2 is 1.82 bits per heavy atom. The van der Waals surface area contributed by atoms with E-state index in [1.807, 2.05) is 0 Å². The minimum absolute atomic E-state index is 0.286. The van der Waals surface area contributed by atoms with Crippen molar-refractivity contribution in [2.75, 3.05) is 6.61 Å². The molecule has 2 N–H and O–H groups in total. The Morgan fingerprint density at radius 3 is 2.53 bits per heavy atom. The molecule has 2 nitrogen and oxygen atoms in total. The van der Waals surface area contributed by atoms with Crippen LogP contribution in [-0.2, 0) is 4.74 Å². The van der Waals surface area contributed by atoms with Crippen molar-refractivity contribution in [1.82, 2.24) is 0 Å². The van der Waals surface area contributed by atoms with Crippen molar-refractivity contribution in [1.29, 1.82) is 0 Å². The Morgan fingerprint density at radius 1 is 1.06 bits per heavy atom. The largest absolute Gasteiger partial charge is 0.377 e. The maximum atomic E-state index is 6.13. The first-order chi connectivity index (χ1) is 8.27. The van der Waals surface area contributed by atoms with E-state index < -0.39 is 0 Å². The van der Waals surface area contributed by atoms with Crippen LogP contribution < -0.4 is 5.73 Å².